The van der Waals surface area contributed by atoms with Crippen LogP contribution in [0, 0.1) is 20.8 Å². The van der Waals surface area contributed by atoms with Crippen LogP contribution in [0.4, 0.5) is 5.13 Å². The van der Waals surface area contributed by atoms with Gasteiger partial charge in [-0.1, -0.05) is 46.7 Å². The topological polar surface area (TPSA) is 45.7 Å². The summed E-state index contributed by atoms with van der Waals surface area (Å²) < 4.78 is 6.38. The summed E-state index contributed by atoms with van der Waals surface area (Å²) in [4.78, 5) is 22.6. The van der Waals surface area contributed by atoms with E-state index in [9.17, 15) is 4.79 Å². The van der Waals surface area contributed by atoms with Crippen molar-refractivity contribution in [3.63, 3.8) is 0 Å². The van der Waals surface area contributed by atoms with E-state index in [1.807, 2.05) is 56.0 Å². The van der Waals surface area contributed by atoms with E-state index in [0.29, 0.717) is 22.3 Å². The summed E-state index contributed by atoms with van der Waals surface area (Å²) in [5.41, 5.74) is 4.76. The molecule has 1 fully saturated rings. The van der Waals surface area contributed by atoms with Crippen LogP contribution in [0.5, 0.6) is 0 Å². The van der Waals surface area contributed by atoms with Crippen molar-refractivity contribution in [1.82, 2.24) is 9.88 Å². The molecule has 0 N–H and O–H groups in total. The normalized spacial score (nSPS) is 14.5. The Morgan fingerprint density at radius 1 is 1.16 bits per heavy atom. The van der Waals surface area contributed by atoms with Crippen LogP contribution in [0.2, 0.25) is 5.02 Å². The van der Waals surface area contributed by atoms with Crippen molar-refractivity contribution in [2.75, 3.05) is 44.3 Å². The molecule has 3 aromatic rings. The highest BCUT2D eigenvalue weighted by Crippen LogP contribution is 2.36. The number of carbonyl (C=O) groups excluding carboxylic acids is 1. The minimum Gasteiger partial charge on any atom is -0.379 e. The van der Waals surface area contributed by atoms with Gasteiger partial charge in [0.2, 0.25) is 0 Å². The predicted molar refractivity (Wildman–Crippen MR) is 131 cm³/mol. The molecule has 2 heterocycles. The monoisotopic (exact) mass is 479 g/mol. The van der Waals surface area contributed by atoms with Crippen LogP contribution in [-0.4, -0.2) is 55.2 Å². The average molecular weight is 480 g/mol. The summed E-state index contributed by atoms with van der Waals surface area (Å²) in [5, 5.41) is 1.37. The molecule has 0 bridgehead atoms. The first-order valence-electron chi connectivity index (χ1n) is 10.2. The summed E-state index contributed by atoms with van der Waals surface area (Å²) in [6.45, 7) is 10.6. The minimum atomic E-state index is -0.0198. The number of anilines is 1. The van der Waals surface area contributed by atoms with Crippen LogP contribution in [0.25, 0.3) is 10.2 Å². The molecule has 1 aromatic heterocycles. The number of rotatable bonds is 5. The van der Waals surface area contributed by atoms with E-state index in [0.717, 1.165) is 59.8 Å². The van der Waals surface area contributed by atoms with E-state index in [4.69, 9.17) is 21.3 Å². The molecule has 166 valence electrons. The van der Waals surface area contributed by atoms with Gasteiger partial charge in [-0.25, -0.2) is 4.98 Å². The van der Waals surface area contributed by atoms with Crippen LogP contribution in [0.1, 0.15) is 27.0 Å². The highest BCUT2D eigenvalue weighted by Gasteiger charge is 2.24. The van der Waals surface area contributed by atoms with Gasteiger partial charge in [0.05, 0.1) is 28.5 Å². The number of aryl methyl sites for hydroxylation is 3. The second-order valence-electron chi connectivity index (χ2n) is 7.77. The third kappa shape index (κ3) is 5.21. The number of ether oxygens (including phenoxy) is 1. The molecule has 4 rings (SSSR count). The Morgan fingerprint density at radius 3 is 2.58 bits per heavy atom. The van der Waals surface area contributed by atoms with Gasteiger partial charge < -0.3 is 4.74 Å². The van der Waals surface area contributed by atoms with Gasteiger partial charge in [-0.15, -0.1) is 12.4 Å². The van der Waals surface area contributed by atoms with E-state index in [-0.39, 0.29) is 18.3 Å². The van der Waals surface area contributed by atoms with Crippen molar-refractivity contribution in [3.8, 4) is 0 Å². The number of fused-ring (bicyclic) bond motifs is 1. The molecular formula is C23H27Cl2N3O2S. The summed E-state index contributed by atoms with van der Waals surface area (Å²) in [7, 11) is 0. The van der Waals surface area contributed by atoms with Gasteiger partial charge in [-0.05, 0) is 44.0 Å². The highest BCUT2D eigenvalue weighted by molar-refractivity contribution is 7.23. The number of thiazole rings is 1. The lowest BCUT2D eigenvalue weighted by molar-refractivity contribution is 0.0391. The minimum absolute atomic E-state index is 0. The fraction of sp³-hybridized carbons (Fsp3) is 0.391. The Kier molecular flexibility index (Phi) is 7.94. The first-order chi connectivity index (χ1) is 14.4. The summed E-state index contributed by atoms with van der Waals surface area (Å²) in [5.74, 6) is -0.0198. The van der Waals surface area contributed by atoms with Gasteiger partial charge in [0, 0.05) is 31.7 Å². The van der Waals surface area contributed by atoms with Crippen molar-refractivity contribution >= 4 is 56.6 Å². The quantitative estimate of drug-likeness (QED) is 0.499. The zero-order valence-electron chi connectivity index (χ0n) is 18.0. The first-order valence-corrected chi connectivity index (χ1v) is 11.4. The number of hydrogen-bond donors (Lipinski definition) is 0. The van der Waals surface area contributed by atoms with Crippen LogP contribution < -0.4 is 4.90 Å². The van der Waals surface area contributed by atoms with Crippen molar-refractivity contribution in [3.05, 3.63) is 57.6 Å². The number of aromatic nitrogens is 1. The lowest BCUT2D eigenvalue weighted by Crippen LogP contribution is -2.43. The standard InChI is InChI=1S/C23H26ClN3O2S.ClH/c1-15-4-6-18(17(3)14-15)22(28)27(9-8-26-10-12-29-13-11-26)23-25-20-16(2)5-7-19(24)21(20)30-23;/h4-7,14H,8-13H2,1-3H3;1H. The second kappa shape index (κ2) is 10.3. The van der Waals surface area contributed by atoms with Gasteiger partial charge in [0.1, 0.15) is 0 Å². The maximum atomic E-state index is 13.6. The molecule has 0 spiro atoms. The van der Waals surface area contributed by atoms with E-state index >= 15 is 0 Å². The first kappa shape index (κ1) is 24.0. The fourth-order valence-electron chi connectivity index (χ4n) is 3.76. The Labute approximate surface area is 198 Å². The van der Waals surface area contributed by atoms with Crippen molar-refractivity contribution in [2.24, 2.45) is 0 Å². The van der Waals surface area contributed by atoms with Crippen molar-refractivity contribution in [2.45, 2.75) is 20.8 Å². The fourth-order valence-corrected chi connectivity index (χ4v) is 5.10. The smallest absolute Gasteiger partial charge is 0.260 e. The molecule has 0 radical (unpaired) electrons. The van der Waals surface area contributed by atoms with Crippen LogP contribution in [0.3, 0.4) is 0 Å². The zero-order chi connectivity index (χ0) is 21.3. The number of amides is 1. The molecule has 1 saturated heterocycles. The summed E-state index contributed by atoms with van der Waals surface area (Å²) >= 11 is 7.91. The highest BCUT2D eigenvalue weighted by atomic mass is 35.5. The molecule has 0 saturated carbocycles. The Bertz CT molecular complexity index is 1040. The van der Waals surface area contributed by atoms with Crippen molar-refractivity contribution < 1.29 is 9.53 Å². The van der Waals surface area contributed by atoms with Gasteiger partial charge in [0.15, 0.2) is 5.13 Å². The molecule has 1 amide bonds. The van der Waals surface area contributed by atoms with Crippen LogP contribution in [-0.2, 0) is 4.74 Å². The number of nitrogens with zero attached hydrogens (tertiary/aromatic N) is 3. The molecule has 2 aromatic carbocycles. The second-order valence-corrected chi connectivity index (χ2v) is 9.15. The van der Waals surface area contributed by atoms with E-state index < -0.39 is 0 Å². The largest absolute Gasteiger partial charge is 0.379 e. The van der Waals surface area contributed by atoms with E-state index in [1.54, 1.807) is 0 Å². The molecule has 0 unspecified atom stereocenters. The Balaban J connectivity index is 0.00000272. The number of benzene rings is 2. The zero-order valence-corrected chi connectivity index (χ0v) is 20.4. The number of hydrogen-bond acceptors (Lipinski definition) is 5. The molecule has 0 atom stereocenters. The number of carbonyl (C=O) groups is 1. The third-order valence-corrected chi connectivity index (χ3v) is 7.06. The lowest BCUT2D eigenvalue weighted by Gasteiger charge is -2.29. The lowest BCUT2D eigenvalue weighted by atomic mass is 10.0. The van der Waals surface area contributed by atoms with Gasteiger partial charge in [-0.3, -0.25) is 14.6 Å². The molecule has 31 heavy (non-hydrogen) atoms. The predicted octanol–water partition coefficient (Wildman–Crippen LogP) is 5.28. The van der Waals surface area contributed by atoms with Crippen LogP contribution >= 0.6 is 35.3 Å². The number of halogens is 2. The van der Waals surface area contributed by atoms with Gasteiger partial charge in [-0.2, -0.15) is 0 Å². The SMILES string of the molecule is Cc1ccc(C(=O)N(CCN2CCOCC2)c2nc3c(C)ccc(Cl)c3s2)c(C)c1.Cl. The van der Waals surface area contributed by atoms with Gasteiger partial charge in [0.25, 0.3) is 5.91 Å². The molecule has 1 aliphatic rings. The number of morpholine rings is 1. The van der Waals surface area contributed by atoms with E-state index in [1.165, 1.54) is 11.3 Å². The van der Waals surface area contributed by atoms with Gasteiger partial charge >= 0.3 is 0 Å². The molecule has 5 nitrogen and oxygen atoms in total. The maximum Gasteiger partial charge on any atom is 0.260 e. The Hall–Kier alpha value is -1.70. The molecule has 8 heteroatoms. The maximum absolute atomic E-state index is 13.6. The molecular weight excluding hydrogens is 453 g/mol. The molecule has 0 aliphatic carbocycles. The third-order valence-electron chi connectivity index (χ3n) is 5.52. The average Bonchev–Trinajstić information content (AvgIpc) is 3.18. The van der Waals surface area contributed by atoms with Crippen molar-refractivity contribution in [1.29, 1.82) is 0 Å². The van der Waals surface area contributed by atoms with E-state index in [2.05, 4.69) is 4.90 Å². The summed E-state index contributed by atoms with van der Waals surface area (Å²) in [6.07, 6.45) is 0. The Morgan fingerprint density at radius 2 is 1.90 bits per heavy atom. The summed E-state index contributed by atoms with van der Waals surface area (Å²) in [6, 6.07) is 9.82. The molecule has 1 aliphatic heterocycles. The van der Waals surface area contributed by atoms with Crippen LogP contribution in [0.15, 0.2) is 30.3 Å².